The molecule has 1 aliphatic rings. The van der Waals surface area contributed by atoms with Crippen molar-refractivity contribution in [2.45, 2.75) is 19.3 Å². The molecule has 0 aromatic heterocycles. The Bertz CT molecular complexity index is 631. The smallest absolute Gasteiger partial charge is 0.310 e. The Balaban J connectivity index is 1.85. The van der Waals surface area contributed by atoms with Crippen LogP contribution >= 0.6 is 23.2 Å². The summed E-state index contributed by atoms with van der Waals surface area (Å²) in [7, 11) is 0. The predicted molar refractivity (Wildman–Crippen MR) is 89.6 cm³/mol. The molecule has 1 atom stereocenters. The van der Waals surface area contributed by atoms with Crippen LogP contribution in [0.5, 0.6) is 0 Å². The molecule has 0 bridgehead atoms. The third-order valence-electron chi connectivity index (χ3n) is 3.92. The molecule has 1 heterocycles. The molecule has 1 aromatic carbocycles. The number of nitrogens with two attached hydrogens (primary N) is 1. The van der Waals surface area contributed by atoms with Gasteiger partial charge in [-0.2, -0.15) is 0 Å². The number of halogens is 2. The number of hydrogen-bond donors (Lipinski definition) is 1. The number of hydrogen-bond acceptors (Lipinski definition) is 4. The summed E-state index contributed by atoms with van der Waals surface area (Å²) >= 11 is 12.0. The summed E-state index contributed by atoms with van der Waals surface area (Å²) in [5.74, 6) is -1.71. The summed E-state index contributed by atoms with van der Waals surface area (Å²) in [4.78, 5) is 36.7. The van der Waals surface area contributed by atoms with E-state index in [-0.39, 0.29) is 31.4 Å². The zero-order chi connectivity index (χ0) is 17.7. The molecule has 0 unspecified atom stereocenters. The van der Waals surface area contributed by atoms with Gasteiger partial charge in [-0.1, -0.05) is 29.3 Å². The highest BCUT2D eigenvalue weighted by atomic mass is 35.5. The van der Waals surface area contributed by atoms with Crippen LogP contribution in [0.1, 0.15) is 18.4 Å². The van der Waals surface area contributed by atoms with Crippen LogP contribution in [0.25, 0.3) is 0 Å². The first kappa shape index (κ1) is 18.5. The zero-order valence-electron chi connectivity index (χ0n) is 13.0. The van der Waals surface area contributed by atoms with Crippen molar-refractivity contribution in [1.82, 2.24) is 4.90 Å². The lowest BCUT2D eigenvalue weighted by Crippen LogP contribution is -2.45. The van der Waals surface area contributed by atoms with Gasteiger partial charge in [0.2, 0.25) is 5.91 Å². The van der Waals surface area contributed by atoms with Gasteiger partial charge in [-0.15, -0.1) is 0 Å². The number of carbonyl (C=O) groups excluding carboxylic acids is 3. The maximum absolute atomic E-state index is 12.1. The fourth-order valence-corrected chi connectivity index (χ4v) is 3.10. The average molecular weight is 373 g/mol. The molecule has 2 N–H and O–H groups in total. The minimum absolute atomic E-state index is 0.115. The second-order valence-electron chi connectivity index (χ2n) is 5.62. The SMILES string of the molecule is NC(=O)[C@@H]1CCCN(C(=O)COC(=O)Cc2c(Cl)cccc2Cl)C1. The quantitative estimate of drug-likeness (QED) is 0.797. The van der Waals surface area contributed by atoms with Crippen LogP contribution in [0.2, 0.25) is 10.0 Å². The molecule has 0 saturated carbocycles. The minimum atomic E-state index is -0.596. The minimum Gasteiger partial charge on any atom is -0.455 e. The van der Waals surface area contributed by atoms with E-state index in [0.717, 1.165) is 0 Å². The van der Waals surface area contributed by atoms with Gasteiger partial charge >= 0.3 is 5.97 Å². The molecule has 8 heteroatoms. The number of ether oxygens (including phenoxy) is 1. The summed E-state index contributed by atoms with van der Waals surface area (Å²) in [6.45, 7) is 0.408. The Labute approximate surface area is 149 Å². The molecule has 130 valence electrons. The Morgan fingerprint density at radius 1 is 1.25 bits per heavy atom. The lowest BCUT2D eigenvalue weighted by Gasteiger charge is -2.31. The standard InChI is InChI=1S/C16H18Cl2N2O4/c17-12-4-1-5-13(18)11(12)7-15(22)24-9-14(21)20-6-2-3-10(8-20)16(19)23/h1,4-5,10H,2-3,6-9H2,(H2,19,23)/t10-/m1/s1. The van der Waals surface area contributed by atoms with E-state index in [2.05, 4.69) is 0 Å². The number of amides is 2. The molecular formula is C16H18Cl2N2O4. The van der Waals surface area contributed by atoms with E-state index in [1.807, 2.05) is 0 Å². The van der Waals surface area contributed by atoms with Gasteiger partial charge in [0.15, 0.2) is 6.61 Å². The molecule has 1 fully saturated rings. The van der Waals surface area contributed by atoms with Crippen molar-refractivity contribution >= 4 is 41.0 Å². The number of primary amides is 1. The topological polar surface area (TPSA) is 89.7 Å². The van der Waals surface area contributed by atoms with E-state index in [0.29, 0.717) is 35.0 Å². The second kappa shape index (κ2) is 8.35. The third kappa shape index (κ3) is 4.85. The van der Waals surface area contributed by atoms with Crippen molar-refractivity contribution < 1.29 is 19.1 Å². The van der Waals surface area contributed by atoms with Crippen LogP contribution < -0.4 is 5.73 Å². The van der Waals surface area contributed by atoms with Crippen molar-refractivity contribution in [2.24, 2.45) is 11.7 Å². The molecule has 0 radical (unpaired) electrons. The van der Waals surface area contributed by atoms with Crippen molar-refractivity contribution in [1.29, 1.82) is 0 Å². The van der Waals surface area contributed by atoms with Gasteiger partial charge in [-0.05, 0) is 25.0 Å². The third-order valence-corrected chi connectivity index (χ3v) is 4.62. The maximum Gasteiger partial charge on any atom is 0.310 e. The largest absolute Gasteiger partial charge is 0.455 e. The number of carbonyl (C=O) groups is 3. The number of likely N-dealkylation sites (tertiary alicyclic amines) is 1. The van der Waals surface area contributed by atoms with Crippen LogP contribution in [-0.2, 0) is 25.5 Å². The van der Waals surface area contributed by atoms with Crippen molar-refractivity contribution in [2.75, 3.05) is 19.7 Å². The number of piperidine rings is 1. The molecule has 6 nitrogen and oxygen atoms in total. The van der Waals surface area contributed by atoms with Gasteiger partial charge in [-0.25, -0.2) is 0 Å². The molecule has 2 rings (SSSR count). The van der Waals surface area contributed by atoms with Gasteiger partial charge in [-0.3, -0.25) is 14.4 Å². The monoisotopic (exact) mass is 372 g/mol. The van der Waals surface area contributed by atoms with Gasteiger partial charge in [0, 0.05) is 28.7 Å². The van der Waals surface area contributed by atoms with Crippen LogP contribution in [0.4, 0.5) is 0 Å². The number of rotatable bonds is 5. The van der Waals surface area contributed by atoms with Crippen molar-refractivity contribution in [3.05, 3.63) is 33.8 Å². The van der Waals surface area contributed by atoms with Gasteiger partial charge < -0.3 is 15.4 Å². The summed E-state index contributed by atoms with van der Waals surface area (Å²) in [5, 5.41) is 0.734. The van der Waals surface area contributed by atoms with E-state index >= 15 is 0 Å². The van der Waals surface area contributed by atoms with Gasteiger partial charge in [0.05, 0.1) is 12.3 Å². The normalized spacial score (nSPS) is 17.4. The van der Waals surface area contributed by atoms with Crippen LogP contribution in [-0.4, -0.2) is 42.4 Å². The van der Waals surface area contributed by atoms with Crippen LogP contribution in [0.15, 0.2) is 18.2 Å². The zero-order valence-corrected chi connectivity index (χ0v) is 14.5. The lowest BCUT2D eigenvalue weighted by molar-refractivity contribution is -0.152. The fraction of sp³-hybridized carbons (Fsp3) is 0.438. The first-order valence-electron chi connectivity index (χ1n) is 7.54. The molecule has 1 saturated heterocycles. The maximum atomic E-state index is 12.1. The molecule has 1 aromatic rings. The summed E-state index contributed by atoms with van der Waals surface area (Å²) < 4.78 is 5.00. The lowest BCUT2D eigenvalue weighted by atomic mass is 9.97. The Hall–Kier alpha value is -1.79. The van der Waals surface area contributed by atoms with Crippen LogP contribution in [0, 0.1) is 5.92 Å². The number of nitrogens with zero attached hydrogens (tertiary/aromatic N) is 1. The van der Waals surface area contributed by atoms with Gasteiger partial charge in [0.1, 0.15) is 0 Å². The van der Waals surface area contributed by atoms with Crippen molar-refractivity contribution in [3.63, 3.8) is 0 Å². The molecule has 24 heavy (non-hydrogen) atoms. The Morgan fingerprint density at radius 3 is 2.54 bits per heavy atom. The van der Waals surface area contributed by atoms with E-state index in [9.17, 15) is 14.4 Å². The van der Waals surface area contributed by atoms with Crippen molar-refractivity contribution in [3.8, 4) is 0 Å². The first-order chi connectivity index (χ1) is 11.4. The molecule has 1 aliphatic heterocycles. The van der Waals surface area contributed by atoms with E-state index in [4.69, 9.17) is 33.7 Å². The average Bonchev–Trinajstić information content (AvgIpc) is 2.56. The van der Waals surface area contributed by atoms with Crippen LogP contribution in [0.3, 0.4) is 0 Å². The predicted octanol–water partition coefficient (Wildman–Crippen LogP) is 1.80. The summed E-state index contributed by atoms with van der Waals surface area (Å²) in [6.07, 6.45) is 1.25. The summed E-state index contributed by atoms with van der Waals surface area (Å²) in [6, 6.07) is 4.92. The molecular weight excluding hydrogens is 355 g/mol. The van der Waals surface area contributed by atoms with Gasteiger partial charge in [0.25, 0.3) is 5.91 Å². The summed E-state index contributed by atoms with van der Waals surface area (Å²) in [5.41, 5.74) is 5.74. The second-order valence-corrected chi connectivity index (χ2v) is 6.43. The molecule has 2 amide bonds. The van der Waals surface area contributed by atoms with E-state index in [1.165, 1.54) is 4.90 Å². The number of esters is 1. The fourth-order valence-electron chi connectivity index (χ4n) is 2.57. The highest BCUT2D eigenvalue weighted by molar-refractivity contribution is 6.36. The Kier molecular flexibility index (Phi) is 6.45. The highest BCUT2D eigenvalue weighted by Crippen LogP contribution is 2.25. The highest BCUT2D eigenvalue weighted by Gasteiger charge is 2.27. The first-order valence-corrected chi connectivity index (χ1v) is 8.29. The Morgan fingerprint density at radius 2 is 1.92 bits per heavy atom. The number of benzene rings is 1. The molecule has 0 aliphatic carbocycles. The van der Waals surface area contributed by atoms with E-state index < -0.39 is 11.9 Å². The molecule has 0 spiro atoms. The van der Waals surface area contributed by atoms with E-state index in [1.54, 1.807) is 18.2 Å².